The van der Waals surface area contributed by atoms with E-state index in [-0.39, 0.29) is 5.41 Å². The van der Waals surface area contributed by atoms with Gasteiger partial charge in [0.05, 0.1) is 11.4 Å². The fourth-order valence-electron chi connectivity index (χ4n) is 9.90. The van der Waals surface area contributed by atoms with Gasteiger partial charge in [0.15, 0.2) is 5.82 Å². The molecule has 2 nitrogen and oxygen atoms in total. The van der Waals surface area contributed by atoms with Crippen LogP contribution in [-0.2, 0) is 5.41 Å². The van der Waals surface area contributed by atoms with Crippen molar-refractivity contribution >= 4 is 53.9 Å². The summed E-state index contributed by atoms with van der Waals surface area (Å²) in [4.78, 5) is 10.7. The van der Waals surface area contributed by atoms with E-state index in [1.807, 2.05) is 6.07 Å². The lowest BCUT2D eigenvalue weighted by atomic mass is 9.81. The van der Waals surface area contributed by atoms with Gasteiger partial charge in [-0.25, -0.2) is 9.97 Å². The lowest BCUT2D eigenvalue weighted by Crippen LogP contribution is -2.14. The Morgan fingerprint density at radius 2 is 0.915 bits per heavy atom. The highest BCUT2D eigenvalue weighted by molar-refractivity contribution is 6.18. The van der Waals surface area contributed by atoms with Gasteiger partial charge in [0.2, 0.25) is 0 Å². The van der Waals surface area contributed by atoms with Gasteiger partial charge in [0, 0.05) is 22.1 Å². The van der Waals surface area contributed by atoms with Crippen LogP contribution in [0, 0.1) is 0 Å². The highest BCUT2D eigenvalue weighted by Gasteiger charge is 2.37. The Morgan fingerprint density at radius 1 is 0.322 bits per heavy atom. The fraction of sp³-hybridized carbons (Fsp3) is 0.0526. The van der Waals surface area contributed by atoms with Crippen molar-refractivity contribution in [2.24, 2.45) is 0 Å². The first kappa shape index (κ1) is 33.7. The molecule has 0 atom stereocenters. The molecule has 11 aromatic rings. The van der Waals surface area contributed by atoms with Gasteiger partial charge in [-0.1, -0.05) is 184 Å². The van der Waals surface area contributed by atoms with Crippen LogP contribution in [0.25, 0.3) is 110 Å². The van der Waals surface area contributed by atoms with Gasteiger partial charge >= 0.3 is 0 Å². The number of nitrogens with zero attached hydrogens (tertiary/aromatic N) is 2. The molecular weight excluding hydrogens is 713 g/mol. The fourth-order valence-corrected chi connectivity index (χ4v) is 9.90. The largest absolute Gasteiger partial charge is 0.228 e. The third kappa shape index (κ3) is 5.20. The number of hydrogen-bond acceptors (Lipinski definition) is 2. The molecule has 0 aliphatic heterocycles. The van der Waals surface area contributed by atoms with E-state index in [1.54, 1.807) is 0 Å². The first-order valence-corrected chi connectivity index (χ1v) is 20.5. The second kappa shape index (κ2) is 12.8. The van der Waals surface area contributed by atoms with E-state index in [4.69, 9.17) is 9.97 Å². The van der Waals surface area contributed by atoms with E-state index in [9.17, 15) is 0 Å². The number of rotatable bonds is 4. The molecule has 1 aliphatic rings. The summed E-state index contributed by atoms with van der Waals surface area (Å²) in [5, 5.41) is 12.5. The molecule has 0 fully saturated rings. The zero-order valence-corrected chi connectivity index (χ0v) is 32.9. The average molecular weight is 751 g/mol. The molecule has 0 saturated carbocycles. The topological polar surface area (TPSA) is 25.8 Å². The minimum absolute atomic E-state index is 0.154. The third-order valence-electron chi connectivity index (χ3n) is 12.9. The molecule has 12 rings (SSSR count). The minimum Gasteiger partial charge on any atom is -0.228 e. The van der Waals surface area contributed by atoms with Crippen LogP contribution in [0.2, 0.25) is 0 Å². The van der Waals surface area contributed by atoms with Crippen molar-refractivity contribution in [2.45, 2.75) is 19.3 Å². The molecule has 0 bridgehead atoms. The van der Waals surface area contributed by atoms with Crippen molar-refractivity contribution < 1.29 is 0 Å². The van der Waals surface area contributed by atoms with E-state index in [2.05, 4.69) is 202 Å². The Kier molecular flexibility index (Phi) is 7.31. The van der Waals surface area contributed by atoms with Crippen LogP contribution in [-0.4, -0.2) is 9.97 Å². The number of hydrogen-bond donors (Lipinski definition) is 0. The molecule has 10 aromatic carbocycles. The van der Waals surface area contributed by atoms with E-state index in [0.29, 0.717) is 0 Å². The number of fused-ring (bicyclic) bond motifs is 10. The van der Waals surface area contributed by atoms with Crippen molar-refractivity contribution in [1.29, 1.82) is 0 Å². The van der Waals surface area contributed by atoms with Crippen LogP contribution in [0.5, 0.6) is 0 Å². The van der Waals surface area contributed by atoms with Gasteiger partial charge in [-0.15, -0.1) is 0 Å². The molecule has 1 aliphatic carbocycles. The molecule has 2 heteroatoms. The lowest BCUT2D eigenvalue weighted by Gasteiger charge is -2.22. The summed E-state index contributed by atoms with van der Waals surface area (Å²) in [7, 11) is 0. The van der Waals surface area contributed by atoms with Gasteiger partial charge in [0.1, 0.15) is 0 Å². The zero-order valence-electron chi connectivity index (χ0n) is 32.9. The Balaban J connectivity index is 1.04. The Morgan fingerprint density at radius 3 is 1.69 bits per heavy atom. The Labute approximate surface area is 343 Å². The van der Waals surface area contributed by atoms with Crippen molar-refractivity contribution in [3.63, 3.8) is 0 Å². The number of benzene rings is 10. The summed E-state index contributed by atoms with van der Waals surface area (Å²) in [6, 6.07) is 70.8. The maximum Gasteiger partial charge on any atom is 0.160 e. The maximum atomic E-state index is 5.36. The molecule has 0 N–H and O–H groups in total. The molecule has 0 spiro atoms. The summed E-state index contributed by atoms with van der Waals surface area (Å²) in [6.07, 6.45) is 0. The van der Waals surface area contributed by atoms with Gasteiger partial charge in [-0.2, -0.15) is 0 Å². The predicted molar refractivity (Wildman–Crippen MR) is 249 cm³/mol. The molecule has 0 unspecified atom stereocenters. The predicted octanol–water partition coefficient (Wildman–Crippen LogP) is 15.2. The maximum absolute atomic E-state index is 5.36. The first-order valence-electron chi connectivity index (χ1n) is 20.5. The second-order valence-corrected chi connectivity index (χ2v) is 16.5. The second-order valence-electron chi connectivity index (χ2n) is 16.5. The highest BCUT2D eigenvalue weighted by atomic mass is 14.9. The third-order valence-corrected chi connectivity index (χ3v) is 12.9. The normalized spacial score (nSPS) is 13.1. The van der Waals surface area contributed by atoms with Crippen LogP contribution in [0.4, 0.5) is 0 Å². The summed E-state index contributed by atoms with van der Waals surface area (Å²) in [6.45, 7) is 4.70. The van der Waals surface area contributed by atoms with Crippen LogP contribution in [0.3, 0.4) is 0 Å². The van der Waals surface area contributed by atoms with Crippen LogP contribution in [0.15, 0.2) is 194 Å². The molecule has 1 aromatic heterocycles. The molecular formula is C57H38N2. The van der Waals surface area contributed by atoms with Crippen molar-refractivity contribution in [3.05, 3.63) is 205 Å². The lowest BCUT2D eigenvalue weighted by molar-refractivity contribution is 0.661. The smallest absolute Gasteiger partial charge is 0.160 e. The highest BCUT2D eigenvalue weighted by Crippen LogP contribution is 2.53. The van der Waals surface area contributed by atoms with Crippen LogP contribution < -0.4 is 0 Å². The molecule has 0 radical (unpaired) electrons. The first-order chi connectivity index (χ1) is 29.0. The molecule has 0 saturated heterocycles. The average Bonchev–Trinajstić information content (AvgIpc) is 3.52. The summed E-state index contributed by atoms with van der Waals surface area (Å²) in [5.41, 5.74) is 12.5. The van der Waals surface area contributed by atoms with Crippen LogP contribution >= 0.6 is 0 Å². The van der Waals surface area contributed by atoms with Crippen LogP contribution in [0.1, 0.15) is 25.0 Å². The summed E-state index contributed by atoms with van der Waals surface area (Å²) < 4.78 is 0. The number of aromatic nitrogens is 2. The zero-order chi connectivity index (χ0) is 39.2. The monoisotopic (exact) mass is 750 g/mol. The van der Waals surface area contributed by atoms with E-state index >= 15 is 0 Å². The minimum atomic E-state index is -0.154. The molecule has 1 heterocycles. The summed E-state index contributed by atoms with van der Waals surface area (Å²) in [5.74, 6) is 0.717. The van der Waals surface area contributed by atoms with Gasteiger partial charge in [-0.3, -0.25) is 0 Å². The molecule has 59 heavy (non-hydrogen) atoms. The van der Waals surface area contributed by atoms with E-state index in [0.717, 1.165) is 39.3 Å². The Hall–Kier alpha value is -7.42. The Bertz CT molecular complexity index is 3520. The molecule has 276 valence electrons. The molecule has 0 amide bonds. The van der Waals surface area contributed by atoms with Crippen molar-refractivity contribution in [1.82, 2.24) is 9.97 Å². The van der Waals surface area contributed by atoms with Gasteiger partial charge in [-0.05, 0) is 112 Å². The summed E-state index contributed by atoms with van der Waals surface area (Å²) >= 11 is 0. The van der Waals surface area contributed by atoms with E-state index in [1.165, 1.54) is 81.9 Å². The van der Waals surface area contributed by atoms with Crippen molar-refractivity contribution in [2.75, 3.05) is 0 Å². The standard InChI is InChI=1S/C57H38N2/c1-57(2)51-22-12-21-49(55(51)50-32-37-16-6-7-17-38(37)33-52(50)57)54-34-53(58-56(59-54)36-14-4-3-5-15-36)48-30-29-43(44-19-10-11-20-45(44)48)39-24-26-42-40(31-39)25-28-46-41-18-9-8-13-35(41)23-27-47(42)46/h3-34H,1-2H3. The quantitative estimate of drug-likeness (QED) is 0.167. The SMILES string of the molecule is CC1(C)c2cc3ccccc3cc2-c2c(-c3cc(-c4ccc(-c5ccc6c(ccc7c8ccccc8ccc67)c5)c5ccccc45)nc(-c4ccccc4)n3)cccc21. The van der Waals surface area contributed by atoms with E-state index < -0.39 is 0 Å². The van der Waals surface area contributed by atoms with Gasteiger partial charge < -0.3 is 0 Å². The van der Waals surface area contributed by atoms with Gasteiger partial charge in [0.25, 0.3) is 0 Å². The van der Waals surface area contributed by atoms with Crippen molar-refractivity contribution in [3.8, 4) is 56.2 Å².